The zero-order valence-electron chi connectivity index (χ0n) is 7.23. The Morgan fingerprint density at radius 1 is 1.67 bits per heavy atom. The van der Waals surface area contributed by atoms with Gasteiger partial charge in [0.15, 0.2) is 0 Å². The third kappa shape index (κ3) is 5.93. The molecule has 0 amide bonds. The molecule has 12 heavy (non-hydrogen) atoms. The lowest BCUT2D eigenvalue weighted by Crippen LogP contribution is -2.20. The zero-order chi connectivity index (χ0) is 9.78. The van der Waals surface area contributed by atoms with E-state index in [2.05, 4.69) is 4.18 Å². The maximum absolute atomic E-state index is 10.7. The van der Waals surface area contributed by atoms with Crippen LogP contribution < -0.4 is 0 Å². The molecule has 1 unspecified atom stereocenters. The summed E-state index contributed by atoms with van der Waals surface area (Å²) in [6.07, 6.45) is 0.503. The third-order valence-electron chi connectivity index (χ3n) is 0.938. The minimum atomic E-state index is -3.39. The van der Waals surface area contributed by atoms with Gasteiger partial charge in [0.2, 0.25) is 0 Å². The van der Waals surface area contributed by atoms with Gasteiger partial charge in [0.05, 0.1) is 10.5 Å². The highest BCUT2D eigenvalue weighted by Gasteiger charge is 2.14. The molecule has 0 aliphatic rings. The maximum Gasteiger partial charge on any atom is 0.265 e. The number of hydrogen-bond acceptors (Lipinski definition) is 5. The van der Waals surface area contributed by atoms with Gasteiger partial charge in [-0.15, -0.1) is 11.8 Å². The Balaban J connectivity index is 4.05. The van der Waals surface area contributed by atoms with E-state index in [0.29, 0.717) is 4.20 Å². The molecule has 0 rings (SSSR count). The molecule has 0 fully saturated rings. The predicted octanol–water partition coefficient (Wildman–Crippen LogP) is 1.43. The van der Waals surface area contributed by atoms with E-state index in [4.69, 9.17) is 12.2 Å². The molecule has 0 spiro atoms. The molecule has 0 heterocycles. The van der Waals surface area contributed by atoms with Crippen LogP contribution in [0, 0.1) is 0 Å². The molecule has 1 atom stereocenters. The van der Waals surface area contributed by atoms with Crippen molar-refractivity contribution in [1.82, 2.24) is 0 Å². The topological polar surface area (TPSA) is 43.4 Å². The van der Waals surface area contributed by atoms with E-state index in [0.717, 1.165) is 12.0 Å². The molecule has 0 aromatic carbocycles. The predicted molar refractivity (Wildman–Crippen MR) is 56.1 cm³/mol. The summed E-state index contributed by atoms with van der Waals surface area (Å²) in [5.74, 6) is 0.830. The molecular formula is C6H12O3S3. The van der Waals surface area contributed by atoms with Gasteiger partial charge >= 0.3 is 0 Å². The summed E-state index contributed by atoms with van der Waals surface area (Å²) >= 11 is 6.34. The molecule has 0 saturated heterocycles. The number of thiocarbonyl (C=S) groups is 1. The van der Waals surface area contributed by atoms with Crippen LogP contribution in [0.25, 0.3) is 0 Å². The SMILES string of the molecule is CCSC(=S)C(C)OS(C)(=O)=O. The number of rotatable bonds is 4. The average molecular weight is 228 g/mol. The summed E-state index contributed by atoms with van der Waals surface area (Å²) in [6, 6.07) is 0. The van der Waals surface area contributed by atoms with Crippen molar-refractivity contribution in [3.8, 4) is 0 Å². The van der Waals surface area contributed by atoms with Crippen molar-refractivity contribution in [2.75, 3.05) is 12.0 Å². The lowest BCUT2D eigenvalue weighted by Gasteiger charge is -2.10. The van der Waals surface area contributed by atoms with Gasteiger partial charge in [-0.2, -0.15) is 8.42 Å². The number of hydrogen-bond donors (Lipinski definition) is 0. The standard InChI is InChI=1S/C6H12O3S3/c1-4-11-6(10)5(2)9-12(3,7)8/h5H,4H2,1-3H3. The lowest BCUT2D eigenvalue weighted by molar-refractivity contribution is 0.299. The van der Waals surface area contributed by atoms with Crippen LogP contribution in [0.3, 0.4) is 0 Å². The van der Waals surface area contributed by atoms with Crippen LogP contribution in [-0.4, -0.2) is 30.7 Å². The van der Waals surface area contributed by atoms with Crippen LogP contribution in [0.15, 0.2) is 0 Å². The van der Waals surface area contributed by atoms with Gasteiger partial charge in [0.1, 0.15) is 6.10 Å². The minimum Gasteiger partial charge on any atom is -0.261 e. The highest BCUT2D eigenvalue weighted by Crippen LogP contribution is 2.11. The van der Waals surface area contributed by atoms with Crippen LogP contribution in [0.5, 0.6) is 0 Å². The molecule has 72 valence electrons. The quantitative estimate of drug-likeness (QED) is 0.538. The molecule has 0 radical (unpaired) electrons. The largest absolute Gasteiger partial charge is 0.265 e. The average Bonchev–Trinajstić information content (AvgIpc) is 1.84. The Morgan fingerprint density at radius 3 is 2.50 bits per heavy atom. The molecule has 0 saturated carbocycles. The molecular weight excluding hydrogens is 216 g/mol. The van der Waals surface area contributed by atoms with Crippen molar-refractivity contribution in [3.05, 3.63) is 0 Å². The van der Waals surface area contributed by atoms with Gasteiger partial charge in [-0.05, 0) is 12.7 Å². The lowest BCUT2D eigenvalue weighted by atomic mass is 10.5. The molecule has 0 aromatic heterocycles. The van der Waals surface area contributed by atoms with Crippen molar-refractivity contribution in [2.45, 2.75) is 20.0 Å². The summed E-state index contributed by atoms with van der Waals surface area (Å²) in [7, 11) is -3.39. The zero-order valence-corrected chi connectivity index (χ0v) is 9.68. The van der Waals surface area contributed by atoms with Gasteiger partial charge in [-0.25, -0.2) is 0 Å². The van der Waals surface area contributed by atoms with E-state index in [9.17, 15) is 8.42 Å². The third-order valence-corrected chi connectivity index (χ3v) is 3.17. The van der Waals surface area contributed by atoms with E-state index in [-0.39, 0.29) is 0 Å². The summed E-state index contributed by atoms with van der Waals surface area (Å²) in [4.78, 5) is 0. The fourth-order valence-electron chi connectivity index (χ4n) is 0.561. The Kier molecular flexibility index (Phi) is 5.31. The van der Waals surface area contributed by atoms with E-state index >= 15 is 0 Å². The van der Waals surface area contributed by atoms with E-state index in [1.54, 1.807) is 6.92 Å². The second-order valence-corrected chi connectivity index (χ2v) is 5.80. The minimum absolute atomic E-state index is 0.514. The number of thioether (sulfide) groups is 1. The van der Waals surface area contributed by atoms with E-state index in [1.807, 2.05) is 6.92 Å². The van der Waals surface area contributed by atoms with E-state index in [1.165, 1.54) is 11.8 Å². The fraction of sp³-hybridized carbons (Fsp3) is 0.833. The summed E-state index contributed by atoms with van der Waals surface area (Å²) in [5, 5.41) is 0. The molecule has 0 aromatic rings. The van der Waals surface area contributed by atoms with Gasteiger partial charge in [0, 0.05) is 0 Å². The monoisotopic (exact) mass is 228 g/mol. The van der Waals surface area contributed by atoms with E-state index < -0.39 is 16.2 Å². The first-order valence-corrected chi connectivity index (χ1v) is 6.62. The first-order valence-electron chi connectivity index (χ1n) is 3.41. The van der Waals surface area contributed by atoms with Gasteiger partial charge in [0.25, 0.3) is 10.1 Å². The maximum atomic E-state index is 10.7. The van der Waals surface area contributed by atoms with Crippen LogP contribution in [0.1, 0.15) is 13.8 Å². The van der Waals surface area contributed by atoms with Crippen LogP contribution >= 0.6 is 24.0 Å². The van der Waals surface area contributed by atoms with Crippen molar-refractivity contribution in [3.63, 3.8) is 0 Å². The van der Waals surface area contributed by atoms with Crippen molar-refractivity contribution in [1.29, 1.82) is 0 Å². The van der Waals surface area contributed by atoms with Crippen LogP contribution in [0.4, 0.5) is 0 Å². The molecule has 0 N–H and O–H groups in total. The Labute approximate surface area is 83.0 Å². The molecule has 3 nitrogen and oxygen atoms in total. The van der Waals surface area contributed by atoms with Crippen LogP contribution in [-0.2, 0) is 14.3 Å². The first-order chi connectivity index (χ1) is 5.37. The smallest absolute Gasteiger partial charge is 0.261 e. The second kappa shape index (κ2) is 5.16. The first kappa shape index (κ1) is 12.3. The van der Waals surface area contributed by atoms with Gasteiger partial charge in [-0.3, -0.25) is 4.18 Å². The molecule has 0 aliphatic carbocycles. The Bertz CT molecular complexity index is 245. The molecule has 0 bridgehead atoms. The highest BCUT2D eigenvalue weighted by atomic mass is 32.2. The van der Waals surface area contributed by atoms with Gasteiger partial charge in [-0.1, -0.05) is 19.1 Å². The molecule has 6 heteroatoms. The van der Waals surface area contributed by atoms with Gasteiger partial charge < -0.3 is 0 Å². The van der Waals surface area contributed by atoms with Crippen molar-refractivity contribution >= 4 is 38.3 Å². The summed E-state index contributed by atoms with van der Waals surface area (Å²) in [6.45, 7) is 3.58. The fourth-order valence-corrected chi connectivity index (χ4v) is 2.27. The van der Waals surface area contributed by atoms with Crippen LogP contribution in [0.2, 0.25) is 0 Å². The normalized spacial score (nSPS) is 14.2. The molecule has 0 aliphatic heterocycles. The second-order valence-electron chi connectivity index (χ2n) is 2.19. The van der Waals surface area contributed by atoms with Crippen molar-refractivity contribution < 1.29 is 12.6 Å². The van der Waals surface area contributed by atoms with Crippen molar-refractivity contribution in [2.24, 2.45) is 0 Å². The summed E-state index contributed by atoms with van der Waals surface area (Å²) in [5.41, 5.74) is 0. The Hall–Kier alpha value is 0.350. The Morgan fingerprint density at radius 2 is 2.17 bits per heavy atom. The summed E-state index contributed by atoms with van der Waals surface area (Å²) < 4.78 is 26.6. The highest BCUT2D eigenvalue weighted by molar-refractivity contribution is 8.23.